The Morgan fingerprint density at radius 3 is 3.00 bits per heavy atom. The number of esters is 1. The van der Waals surface area contributed by atoms with Gasteiger partial charge in [-0.05, 0) is 25.1 Å². The van der Waals surface area contributed by atoms with Crippen molar-refractivity contribution in [1.82, 2.24) is 10.3 Å². The largest absolute Gasteiger partial charge is 0.462 e. The first-order valence-electron chi connectivity index (χ1n) is 6.81. The summed E-state index contributed by atoms with van der Waals surface area (Å²) in [6.07, 6.45) is 0. The molecule has 0 saturated carbocycles. The van der Waals surface area contributed by atoms with Crippen LogP contribution in [0, 0.1) is 0 Å². The number of hydrogen-bond donors (Lipinski definition) is 1. The lowest BCUT2D eigenvalue weighted by Crippen LogP contribution is -2.43. The van der Waals surface area contributed by atoms with Crippen molar-refractivity contribution < 1.29 is 9.53 Å². The van der Waals surface area contributed by atoms with E-state index >= 15 is 0 Å². The third-order valence-electron chi connectivity index (χ3n) is 3.28. The minimum atomic E-state index is -0.272. The molecule has 1 aromatic carbocycles. The highest BCUT2D eigenvalue weighted by Crippen LogP contribution is 2.29. The predicted molar refractivity (Wildman–Crippen MR) is 80.7 cm³/mol. The van der Waals surface area contributed by atoms with E-state index in [1.54, 1.807) is 17.4 Å². The molecule has 1 aliphatic heterocycles. The number of hydrogen-bond acceptors (Lipinski definition) is 6. The number of anilines is 1. The van der Waals surface area contributed by atoms with Gasteiger partial charge < -0.3 is 15.0 Å². The molecule has 0 amide bonds. The van der Waals surface area contributed by atoms with Crippen molar-refractivity contribution in [3.63, 3.8) is 0 Å². The van der Waals surface area contributed by atoms with Crippen molar-refractivity contribution >= 4 is 32.7 Å². The molecule has 1 aromatic heterocycles. The molecule has 0 aliphatic carbocycles. The van der Waals surface area contributed by atoms with Crippen LogP contribution < -0.4 is 10.2 Å². The molecule has 1 N–H and O–H groups in total. The second kappa shape index (κ2) is 5.76. The molecule has 2 heterocycles. The maximum atomic E-state index is 11.7. The normalized spacial score (nSPS) is 15.6. The highest BCUT2D eigenvalue weighted by atomic mass is 32.1. The lowest BCUT2D eigenvalue weighted by Gasteiger charge is -2.26. The molecule has 2 aromatic rings. The van der Waals surface area contributed by atoms with Crippen molar-refractivity contribution in [2.45, 2.75) is 6.92 Å². The Kier molecular flexibility index (Phi) is 3.84. The average Bonchev–Trinajstić information content (AvgIpc) is 2.91. The Morgan fingerprint density at radius 1 is 1.45 bits per heavy atom. The molecule has 106 valence electrons. The number of thiazole rings is 1. The Hall–Kier alpha value is -1.66. The van der Waals surface area contributed by atoms with Gasteiger partial charge in [0.15, 0.2) is 5.13 Å². The summed E-state index contributed by atoms with van der Waals surface area (Å²) in [6.45, 7) is 6.14. The molecule has 0 atom stereocenters. The van der Waals surface area contributed by atoms with Crippen molar-refractivity contribution in [2.75, 3.05) is 37.7 Å². The van der Waals surface area contributed by atoms with Crippen LogP contribution in [-0.4, -0.2) is 43.7 Å². The number of carbonyl (C=O) groups excluding carboxylic acids is 1. The van der Waals surface area contributed by atoms with E-state index in [0.29, 0.717) is 12.2 Å². The second-order valence-corrected chi connectivity index (χ2v) is 5.65. The van der Waals surface area contributed by atoms with Crippen LogP contribution in [0.4, 0.5) is 5.13 Å². The lowest BCUT2D eigenvalue weighted by atomic mass is 10.2. The van der Waals surface area contributed by atoms with Gasteiger partial charge in [0.2, 0.25) is 0 Å². The van der Waals surface area contributed by atoms with Crippen LogP contribution >= 0.6 is 11.3 Å². The van der Waals surface area contributed by atoms with Crippen molar-refractivity contribution in [3.05, 3.63) is 23.8 Å². The number of benzene rings is 1. The van der Waals surface area contributed by atoms with Crippen LogP contribution in [0.5, 0.6) is 0 Å². The Morgan fingerprint density at radius 2 is 2.25 bits per heavy atom. The van der Waals surface area contributed by atoms with Crippen molar-refractivity contribution in [1.29, 1.82) is 0 Å². The minimum Gasteiger partial charge on any atom is -0.462 e. The van der Waals surface area contributed by atoms with E-state index in [2.05, 4.69) is 15.2 Å². The monoisotopic (exact) mass is 291 g/mol. The first kappa shape index (κ1) is 13.3. The van der Waals surface area contributed by atoms with E-state index in [9.17, 15) is 4.79 Å². The molecule has 3 rings (SSSR count). The van der Waals surface area contributed by atoms with E-state index in [1.165, 1.54) is 0 Å². The molecule has 20 heavy (non-hydrogen) atoms. The summed E-state index contributed by atoms with van der Waals surface area (Å²) in [5.41, 5.74) is 1.53. The quantitative estimate of drug-likeness (QED) is 0.875. The van der Waals surface area contributed by atoms with Gasteiger partial charge in [-0.25, -0.2) is 9.78 Å². The molecule has 6 heteroatoms. The van der Waals surface area contributed by atoms with Crippen LogP contribution in [0.3, 0.4) is 0 Å². The summed E-state index contributed by atoms with van der Waals surface area (Å²) in [7, 11) is 0. The van der Waals surface area contributed by atoms with Gasteiger partial charge in [0.25, 0.3) is 0 Å². The summed E-state index contributed by atoms with van der Waals surface area (Å²) in [5.74, 6) is -0.272. The van der Waals surface area contributed by atoms with E-state index in [-0.39, 0.29) is 5.97 Å². The SMILES string of the molecule is CCOC(=O)c1ccc2nc(N3CCNCC3)sc2c1. The molecule has 1 aliphatic rings. The molecule has 0 bridgehead atoms. The highest BCUT2D eigenvalue weighted by molar-refractivity contribution is 7.22. The molecular formula is C14H17N3O2S. The standard InChI is InChI=1S/C14H17N3O2S/c1-2-19-13(18)10-3-4-11-12(9-10)20-14(16-11)17-7-5-15-6-8-17/h3-4,9,15H,2,5-8H2,1H3. The maximum absolute atomic E-state index is 11.7. The van der Waals surface area contributed by atoms with Crippen LogP contribution in [0.2, 0.25) is 0 Å². The van der Waals surface area contributed by atoms with Gasteiger partial charge in [-0.15, -0.1) is 0 Å². The number of piperazine rings is 1. The van der Waals surface area contributed by atoms with Gasteiger partial charge in [0.1, 0.15) is 0 Å². The fraction of sp³-hybridized carbons (Fsp3) is 0.429. The molecular weight excluding hydrogens is 274 g/mol. The van der Waals surface area contributed by atoms with Gasteiger partial charge >= 0.3 is 5.97 Å². The molecule has 1 saturated heterocycles. The molecule has 0 radical (unpaired) electrons. The van der Waals surface area contributed by atoms with E-state index in [4.69, 9.17) is 4.74 Å². The smallest absolute Gasteiger partial charge is 0.338 e. The molecule has 0 unspecified atom stereocenters. The average molecular weight is 291 g/mol. The fourth-order valence-electron chi connectivity index (χ4n) is 2.25. The van der Waals surface area contributed by atoms with Crippen LogP contribution in [0.15, 0.2) is 18.2 Å². The Bertz CT molecular complexity index is 620. The van der Waals surface area contributed by atoms with Gasteiger partial charge in [-0.3, -0.25) is 0 Å². The maximum Gasteiger partial charge on any atom is 0.338 e. The number of nitrogens with one attached hydrogen (secondary N) is 1. The first-order valence-corrected chi connectivity index (χ1v) is 7.63. The second-order valence-electron chi connectivity index (χ2n) is 4.64. The Labute approximate surface area is 121 Å². The van der Waals surface area contributed by atoms with E-state index in [1.807, 2.05) is 19.1 Å². The number of carbonyl (C=O) groups is 1. The van der Waals surface area contributed by atoms with Crippen LogP contribution in [-0.2, 0) is 4.74 Å². The Balaban J connectivity index is 1.88. The number of rotatable bonds is 3. The number of ether oxygens (including phenoxy) is 1. The van der Waals surface area contributed by atoms with Gasteiger partial charge in [-0.1, -0.05) is 11.3 Å². The van der Waals surface area contributed by atoms with Gasteiger partial charge in [0, 0.05) is 26.2 Å². The highest BCUT2D eigenvalue weighted by Gasteiger charge is 2.16. The third-order valence-corrected chi connectivity index (χ3v) is 4.35. The minimum absolute atomic E-state index is 0.272. The van der Waals surface area contributed by atoms with Crippen LogP contribution in [0.1, 0.15) is 17.3 Å². The zero-order valence-corrected chi connectivity index (χ0v) is 12.2. The summed E-state index contributed by atoms with van der Waals surface area (Å²) in [5, 5.41) is 4.36. The summed E-state index contributed by atoms with van der Waals surface area (Å²) >= 11 is 1.63. The van der Waals surface area contributed by atoms with Crippen molar-refractivity contribution in [2.24, 2.45) is 0 Å². The summed E-state index contributed by atoms with van der Waals surface area (Å²) < 4.78 is 6.06. The van der Waals surface area contributed by atoms with Crippen molar-refractivity contribution in [3.8, 4) is 0 Å². The van der Waals surface area contributed by atoms with Gasteiger partial charge in [0.05, 0.1) is 22.4 Å². The number of aromatic nitrogens is 1. The molecule has 5 nitrogen and oxygen atoms in total. The van der Waals surface area contributed by atoms with E-state index in [0.717, 1.165) is 41.5 Å². The zero-order valence-electron chi connectivity index (χ0n) is 11.4. The lowest BCUT2D eigenvalue weighted by molar-refractivity contribution is 0.0526. The summed E-state index contributed by atoms with van der Waals surface area (Å²) in [6, 6.07) is 5.54. The topological polar surface area (TPSA) is 54.5 Å². The van der Waals surface area contributed by atoms with Crippen LogP contribution in [0.25, 0.3) is 10.2 Å². The van der Waals surface area contributed by atoms with E-state index < -0.39 is 0 Å². The first-order chi connectivity index (χ1) is 9.78. The number of nitrogens with zero attached hydrogens (tertiary/aromatic N) is 2. The number of fused-ring (bicyclic) bond motifs is 1. The third kappa shape index (κ3) is 2.62. The predicted octanol–water partition coefficient (Wildman–Crippen LogP) is 1.88. The van der Waals surface area contributed by atoms with Gasteiger partial charge in [-0.2, -0.15) is 0 Å². The fourth-order valence-corrected chi connectivity index (χ4v) is 3.30. The molecule has 0 spiro atoms. The summed E-state index contributed by atoms with van der Waals surface area (Å²) in [4.78, 5) is 18.7. The molecule has 1 fully saturated rings. The zero-order chi connectivity index (χ0) is 13.9.